The monoisotopic (exact) mass is 462 g/mol. The number of anilines is 2. The molecule has 2 aromatic heterocycles. The number of nitrogen functional groups attached to an aromatic ring is 1. The van der Waals surface area contributed by atoms with E-state index in [-0.39, 0.29) is 23.0 Å². The number of benzene rings is 2. The first-order chi connectivity index (χ1) is 15.9. The largest absolute Gasteiger partial charge is 0.382 e. The first kappa shape index (κ1) is 21.1. The highest BCUT2D eigenvalue weighted by atomic mass is 32.2. The van der Waals surface area contributed by atoms with Gasteiger partial charge in [-0.25, -0.2) is 23.1 Å². The van der Waals surface area contributed by atoms with Crippen LogP contribution in [0, 0.1) is 0 Å². The molecule has 10 heteroatoms. The number of amides is 1. The van der Waals surface area contributed by atoms with Crippen LogP contribution in [0.15, 0.2) is 71.9 Å². The van der Waals surface area contributed by atoms with E-state index in [2.05, 4.69) is 20.0 Å². The molecule has 4 aromatic rings. The molecular weight excluding hydrogens is 440 g/mol. The van der Waals surface area contributed by atoms with Crippen molar-refractivity contribution >= 4 is 33.0 Å². The molecule has 2 heterocycles. The van der Waals surface area contributed by atoms with Crippen molar-refractivity contribution in [3.8, 4) is 0 Å². The first-order valence-corrected chi connectivity index (χ1v) is 12.0. The molecule has 2 aromatic carbocycles. The minimum absolute atomic E-state index is 0.0804. The number of nitrogens with one attached hydrogen (secondary N) is 2. The molecular formula is C23H22N6O3S. The normalized spacial score (nSPS) is 13.8. The fraction of sp³-hybridized carbons (Fsp3) is 0.174. The van der Waals surface area contributed by atoms with Gasteiger partial charge in [-0.15, -0.1) is 0 Å². The first-order valence-electron chi connectivity index (χ1n) is 10.5. The molecule has 5 rings (SSSR count). The Morgan fingerprint density at radius 2 is 1.91 bits per heavy atom. The molecule has 1 amide bonds. The highest BCUT2D eigenvalue weighted by Crippen LogP contribution is 2.40. The standard InChI is InChI=1S/C23H22N6O3S/c24-21-20-19(28-22(16-9-10-16)29(20)12-11-25-21)23(30)27-17-6-4-5-15(13-17)14-26-33(31,32)18-7-2-1-3-8-18/h1-8,11-13,16,26H,9-10,14H2,(H2,24,25)(H,27,30). The molecule has 1 aliphatic rings. The lowest BCUT2D eigenvalue weighted by Crippen LogP contribution is -2.23. The molecule has 0 atom stereocenters. The van der Waals surface area contributed by atoms with E-state index in [0.29, 0.717) is 22.7 Å². The predicted octanol–water partition coefficient (Wildman–Crippen LogP) is 2.92. The molecule has 0 aliphatic heterocycles. The maximum Gasteiger partial charge on any atom is 0.276 e. The Balaban J connectivity index is 1.35. The van der Waals surface area contributed by atoms with Gasteiger partial charge in [-0.2, -0.15) is 0 Å². The number of nitrogens with zero attached hydrogens (tertiary/aromatic N) is 3. The molecule has 4 N–H and O–H groups in total. The average molecular weight is 463 g/mol. The van der Waals surface area contributed by atoms with E-state index in [1.165, 1.54) is 12.1 Å². The minimum Gasteiger partial charge on any atom is -0.382 e. The molecule has 0 saturated heterocycles. The Hall–Kier alpha value is -3.76. The maximum atomic E-state index is 13.1. The predicted molar refractivity (Wildman–Crippen MR) is 124 cm³/mol. The third kappa shape index (κ3) is 4.30. The summed E-state index contributed by atoms with van der Waals surface area (Å²) >= 11 is 0. The SMILES string of the molecule is Nc1nccn2c(C3CC3)nc(C(=O)Nc3cccc(CNS(=O)(=O)c4ccccc4)c3)c12. The summed E-state index contributed by atoms with van der Waals surface area (Å²) in [5.74, 6) is 0.974. The van der Waals surface area contributed by atoms with Crippen LogP contribution in [0.2, 0.25) is 0 Å². The summed E-state index contributed by atoms with van der Waals surface area (Å²) in [7, 11) is -3.64. The second-order valence-corrected chi connectivity index (χ2v) is 9.68. The van der Waals surface area contributed by atoms with Crippen molar-refractivity contribution in [1.82, 2.24) is 19.1 Å². The van der Waals surface area contributed by atoms with Gasteiger partial charge in [0.25, 0.3) is 5.91 Å². The number of rotatable bonds is 7. The Labute approximate surface area is 190 Å². The van der Waals surface area contributed by atoms with Crippen LogP contribution in [-0.2, 0) is 16.6 Å². The number of carbonyl (C=O) groups is 1. The number of aromatic nitrogens is 3. The highest BCUT2D eigenvalue weighted by molar-refractivity contribution is 7.89. The van der Waals surface area contributed by atoms with Crippen LogP contribution in [-0.4, -0.2) is 28.7 Å². The molecule has 33 heavy (non-hydrogen) atoms. The van der Waals surface area contributed by atoms with Crippen molar-refractivity contribution in [2.75, 3.05) is 11.1 Å². The minimum atomic E-state index is -3.64. The van der Waals surface area contributed by atoms with Gasteiger partial charge >= 0.3 is 0 Å². The number of carbonyl (C=O) groups excluding carboxylic acids is 1. The molecule has 1 aliphatic carbocycles. The summed E-state index contributed by atoms with van der Waals surface area (Å²) in [6.07, 6.45) is 5.42. The summed E-state index contributed by atoms with van der Waals surface area (Å²) in [4.78, 5) is 21.9. The highest BCUT2D eigenvalue weighted by Gasteiger charge is 2.31. The number of sulfonamides is 1. The van der Waals surface area contributed by atoms with Crippen LogP contribution in [0.3, 0.4) is 0 Å². The van der Waals surface area contributed by atoms with Crippen LogP contribution in [0.25, 0.3) is 5.52 Å². The Bertz CT molecular complexity index is 1450. The summed E-state index contributed by atoms with van der Waals surface area (Å²) in [5, 5.41) is 2.84. The third-order valence-corrected chi connectivity index (χ3v) is 6.89. The summed E-state index contributed by atoms with van der Waals surface area (Å²) < 4.78 is 29.3. The van der Waals surface area contributed by atoms with Gasteiger partial charge in [0.2, 0.25) is 10.0 Å². The molecule has 0 bridgehead atoms. The number of imidazole rings is 1. The third-order valence-electron chi connectivity index (χ3n) is 5.47. The Kier molecular flexibility index (Phi) is 5.31. The molecule has 1 fully saturated rings. The van der Waals surface area contributed by atoms with Gasteiger partial charge in [-0.05, 0) is 42.7 Å². The molecule has 168 valence electrons. The molecule has 0 unspecified atom stereocenters. The van der Waals surface area contributed by atoms with Crippen molar-refractivity contribution in [2.45, 2.75) is 30.2 Å². The van der Waals surface area contributed by atoms with Crippen LogP contribution >= 0.6 is 0 Å². The zero-order chi connectivity index (χ0) is 23.0. The van der Waals surface area contributed by atoms with Crippen LogP contribution in [0.1, 0.15) is 40.6 Å². The molecule has 0 spiro atoms. The smallest absolute Gasteiger partial charge is 0.276 e. The zero-order valence-corrected chi connectivity index (χ0v) is 18.4. The Morgan fingerprint density at radius 1 is 1.12 bits per heavy atom. The zero-order valence-electron chi connectivity index (χ0n) is 17.6. The van der Waals surface area contributed by atoms with E-state index in [4.69, 9.17) is 5.73 Å². The number of hydrogen-bond donors (Lipinski definition) is 3. The summed E-state index contributed by atoms with van der Waals surface area (Å²) in [6.45, 7) is 0.0804. The van der Waals surface area contributed by atoms with E-state index >= 15 is 0 Å². The van der Waals surface area contributed by atoms with Gasteiger partial charge in [0.1, 0.15) is 17.2 Å². The van der Waals surface area contributed by atoms with Crippen molar-refractivity contribution < 1.29 is 13.2 Å². The van der Waals surface area contributed by atoms with Crippen LogP contribution in [0.4, 0.5) is 11.5 Å². The fourth-order valence-corrected chi connectivity index (χ4v) is 4.72. The number of nitrogens with two attached hydrogens (primary N) is 1. The second-order valence-electron chi connectivity index (χ2n) is 7.92. The lowest BCUT2D eigenvalue weighted by molar-refractivity contribution is 0.102. The Morgan fingerprint density at radius 3 is 2.67 bits per heavy atom. The molecule has 0 radical (unpaired) electrons. The number of fused-ring (bicyclic) bond motifs is 1. The van der Waals surface area contributed by atoms with E-state index in [9.17, 15) is 13.2 Å². The topological polar surface area (TPSA) is 131 Å². The van der Waals surface area contributed by atoms with Gasteiger partial charge < -0.3 is 11.1 Å². The van der Waals surface area contributed by atoms with E-state index < -0.39 is 15.9 Å². The lowest BCUT2D eigenvalue weighted by Gasteiger charge is -2.09. The van der Waals surface area contributed by atoms with Crippen LogP contribution in [0.5, 0.6) is 0 Å². The number of hydrogen-bond acceptors (Lipinski definition) is 6. The second kappa shape index (κ2) is 8.30. The fourth-order valence-electron chi connectivity index (χ4n) is 3.69. The van der Waals surface area contributed by atoms with Gasteiger partial charge in [-0.1, -0.05) is 30.3 Å². The maximum absolute atomic E-state index is 13.1. The molecule has 9 nitrogen and oxygen atoms in total. The van der Waals surface area contributed by atoms with E-state index in [0.717, 1.165) is 18.7 Å². The van der Waals surface area contributed by atoms with Gasteiger partial charge in [0.05, 0.1) is 4.90 Å². The quantitative estimate of drug-likeness (QED) is 0.387. The van der Waals surface area contributed by atoms with E-state index in [1.54, 1.807) is 54.9 Å². The van der Waals surface area contributed by atoms with E-state index in [1.807, 2.05) is 4.40 Å². The van der Waals surface area contributed by atoms with Gasteiger partial charge in [0.15, 0.2) is 5.69 Å². The van der Waals surface area contributed by atoms with Crippen LogP contribution < -0.4 is 15.8 Å². The average Bonchev–Trinajstić information content (AvgIpc) is 3.58. The van der Waals surface area contributed by atoms with Crippen molar-refractivity contribution in [3.05, 3.63) is 84.1 Å². The van der Waals surface area contributed by atoms with Crippen molar-refractivity contribution in [2.24, 2.45) is 0 Å². The van der Waals surface area contributed by atoms with Gasteiger partial charge in [-0.3, -0.25) is 9.20 Å². The summed E-state index contributed by atoms with van der Waals surface area (Å²) in [5.41, 5.74) is 7.98. The lowest BCUT2D eigenvalue weighted by atomic mass is 10.2. The van der Waals surface area contributed by atoms with Crippen molar-refractivity contribution in [3.63, 3.8) is 0 Å². The summed E-state index contributed by atoms with van der Waals surface area (Å²) in [6, 6.07) is 15.1. The van der Waals surface area contributed by atoms with Crippen molar-refractivity contribution in [1.29, 1.82) is 0 Å². The molecule has 1 saturated carbocycles. The van der Waals surface area contributed by atoms with Gasteiger partial charge in [0, 0.05) is 30.5 Å².